The van der Waals surface area contributed by atoms with Crippen LogP contribution in [0.1, 0.15) is 18.9 Å². The van der Waals surface area contributed by atoms with Crippen LogP contribution in [0.5, 0.6) is 0 Å². The summed E-state index contributed by atoms with van der Waals surface area (Å²) in [7, 11) is 0. The highest BCUT2D eigenvalue weighted by Gasteiger charge is 1.95. The van der Waals surface area contributed by atoms with Crippen molar-refractivity contribution >= 4 is 17.7 Å². The fraction of sp³-hybridized carbons (Fsp3) is 0.308. The van der Waals surface area contributed by atoms with Crippen molar-refractivity contribution in [3.8, 4) is 0 Å². The van der Waals surface area contributed by atoms with E-state index in [-0.39, 0.29) is 5.97 Å². The first kappa shape index (κ1) is 12.8. The zero-order valence-electron chi connectivity index (χ0n) is 9.39. The molecule has 0 atom stereocenters. The van der Waals surface area contributed by atoms with Crippen LogP contribution in [-0.4, -0.2) is 12.6 Å². The molecule has 2 nitrogen and oxygen atoms in total. The number of rotatable bonds is 6. The lowest BCUT2D eigenvalue weighted by molar-refractivity contribution is -0.142. The summed E-state index contributed by atoms with van der Waals surface area (Å²) in [6.45, 7) is 2.26. The average Bonchev–Trinajstić information content (AvgIpc) is 2.30. The largest absolute Gasteiger partial charge is 0.466 e. The van der Waals surface area contributed by atoms with Gasteiger partial charge in [0.05, 0.1) is 13.0 Å². The molecule has 0 saturated carbocycles. The summed E-state index contributed by atoms with van der Waals surface area (Å²) in [5.74, 6) is 0.763. The Labute approximate surface area is 101 Å². The normalized spacial score (nSPS) is 10.6. The van der Waals surface area contributed by atoms with Gasteiger partial charge in [-0.2, -0.15) is 0 Å². The van der Waals surface area contributed by atoms with E-state index in [2.05, 4.69) is 12.1 Å². The number of carbonyl (C=O) groups is 1. The molecule has 0 aliphatic carbocycles. The lowest BCUT2D eigenvalue weighted by Gasteiger charge is -1.97. The number of benzene rings is 1. The van der Waals surface area contributed by atoms with Crippen molar-refractivity contribution in [2.45, 2.75) is 19.1 Å². The SMILES string of the molecule is CCOC(=O)C/C=C\SCc1ccccc1. The van der Waals surface area contributed by atoms with E-state index in [0.717, 1.165) is 5.75 Å². The van der Waals surface area contributed by atoms with Crippen LogP contribution in [0, 0.1) is 0 Å². The van der Waals surface area contributed by atoms with E-state index in [1.54, 1.807) is 11.8 Å². The quantitative estimate of drug-likeness (QED) is 0.708. The Morgan fingerprint density at radius 3 is 2.81 bits per heavy atom. The van der Waals surface area contributed by atoms with E-state index in [1.807, 2.05) is 36.6 Å². The van der Waals surface area contributed by atoms with Gasteiger partial charge in [0.2, 0.25) is 0 Å². The molecule has 0 aromatic heterocycles. The van der Waals surface area contributed by atoms with E-state index in [1.165, 1.54) is 5.56 Å². The Balaban J connectivity index is 2.16. The maximum absolute atomic E-state index is 11.0. The molecule has 16 heavy (non-hydrogen) atoms. The van der Waals surface area contributed by atoms with Gasteiger partial charge in [0, 0.05) is 5.75 Å². The lowest BCUT2D eigenvalue weighted by Crippen LogP contribution is -2.01. The van der Waals surface area contributed by atoms with Crippen molar-refractivity contribution in [1.29, 1.82) is 0 Å². The third kappa shape index (κ3) is 5.61. The molecule has 0 heterocycles. The van der Waals surface area contributed by atoms with Crippen molar-refractivity contribution in [3.63, 3.8) is 0 Å². The molecule has 0 radical (unpaired) electrons. The minimum atomic E-state index is -0.168. The summed E-state index contributed by atoms with van der Waals surface area (Å²) in [5, 5.41) is 1.95. The maximum atomic E-state index is 11.0. The minimum Gasteiger partial charge on any atom is -0.466 e. The van der Waals surface area contributed by atoms with Gasteiger partial charge in [-0.3, -0.25) is 4.79 Å². The van der Waals surface area contributed by atoms with Gasteiger partial charge in [-0.25, -0.2) is 0 Å². The van der Waals surface area contributed by atoms with E-state index in [0.29, 0.717) is 13.0 Å². The van der Waals surface area contributed by atoms with Crippen molar-refractivity contribution in [2.75, 3.05) is 6.61 Å². The fourth-order valence-corrected chi connectivity index (χ4v) is 1.86. The van der Waals surface area contributed by atoms with Gasteiger partial charge in [-0.1, -0.05) is 36.4 Å². The highest BCUT2D eigenvalue weighted by Crippen LogP contribution is 2.12. The molecule has 0 saturated heterocycles. The topological polar surface area (TPSA) is 26.3 Å². The Morgan fingerprint density at radius 2 is 2.12 bits per heavy atom. The Kier molecular flexibility index (Phi) is 6.42. The molecule has 0 aliphatic heterocycles. The van der Waals surface area contributed by atoms with Gasteiger partial charge in [0.1, 0.15) is 0 Å². The van der Waals surface area contributed by atoms with Crippen LogP contribution >= 0.6 is 11.8 Å². The first-order chi connectivity index (χ1) is 7.83. The number of hydrogen-bond donors (Lipinski definition) is 0. The molecule has 0 spiro atoms. The monoisotopic (exact) mass is 236 g/mol. The van der Waals surface area contributed by atoms with Crippen LogP contribution in [0.2, 0.25) is 0 Å². The van der Waals surface area contributed by atoms with Crippen molar-refractivity contribution in [2.24, 2.45) is 0 Å². The van der Waals surface area contributed by atoms with E-state index in [9.17, 15) is 4.79 Å². The van der Waals surface area contributed by atoms with Crippen LogP contribution in [0.15, 0.2) is 41.8 Å². The second-order valence-electron chi connectivity index (χ2n) is 3.18. The van der Waals surface area contributed by atoms with E-state index >= 15 is 0 Å². The second kappa shape index (κ2) is 7.99. The summed E-state index contributed by atoms with van der Waals surface area (Å²) in [4.78, 5) is 11.0. The third-order valence-electron chi connectivity index (χ3n) is 1.88. The highest BCUT2D eigenvalue weighted by molar-refractivity contribution is 8.01. The number of hydrogen-bond acceptors (Lipinski definition) is 3. The first-order valence-corrected chi connectivity index (χ1v) is 6.34. The zero-order chi connectivity index (χ0) is 11.6. The standard InChI is InChI=1S/C13H16O2S/c1-2-15-13(14)9-6-10-16-11-12-7-4-3-5-8-12/h3-8,10H,2,9,11H2,1H3/b10-6-. The number of ether oxygens (including phenoxy) is 1. The maximum Gasteiger partial charge on any atom is 0.309 e. The second-order valence-corrected chi connectivity index (χ2v) is 4.07. The molecule has 0 unspecified atom stereocenters. The summed E-state index contributed by atoms with van der Waals surface area (Å²) in [5.41, 5.74) is 1.29. The van der Waals surface area contributed by atoms with Gasteiger partial charge in [0.15, 0.2) is 0 Å². The molecule has 0 amide bonds. The van der Waals surface area contributed by atoms with Crippen LogP contribution < -0.4 is 0 Å². The summed E-state index contributed by atoms with van der Waals surface area (Å²) < 4.78 is 4.81. The van der Waals surface area contributed by atoms with E-state index < -0.39 is 0 Å². The Bertz CT molecular complexity index is 333. The van der Waals surface area contributed by atoms with Crippen LogP contribution in [0.4, 0.5) is 0 Å². The van der Waals surface area contributed by atoms with E-state index in [4.69, 9.17) is 4.74 Å². The molecule has 1 aromatic rings. The van der Waals surface area contributed by atoms with Crippen molar-refractivity contribution < 1.29 is 9.53 Å². The van der Waals surface area contributed by atoms with Gasteiger partial charge < -0.3 is 4.74 Å². The summed E-state index contributed by atoms with van der Waals surface area (Å²) in [6.07, 6.45) is 2.20. The molecule has 0 bridgehead atoms. The van der Waals surface area contributed by atoms with Crippen molar-refractivity contribution in [1.82, 2.24) is 0 Å². The minimum absolute atomic E-state index is 0.168. The van der Waals surface area contributed by atoms with Gasteiger partial charge in [-0.15, -0.1) is 11.8 Å². The number of carbonyl (C=O) groups excluding carboxylic acids is 1. The van der Waals surface area contributed by atoms with Crippen LogP contribution in [-0.2, 0) is 15.3 Å². The molecular weight excluding hydrogens is 220 g/mol. The zero-order valence-corrected chi connectivity index (χ0v) is 10.2. The summed E-state index contributed by atoms with van der Waals surface area (Å²) in [6, 6.07) is 10.2. The van der Waals surface area contributed by atoms with Crippen LogP contribution in [0.25, 0.3) is 0 Å². The molecule has 0 N–H and O–H groups in total. The predicted molar refractivity (Wildman–Crippen MR) is 68.1 cm³/mol. The summed E-state index contributed by atoms with van der Waals surface area (Å²) >= 11 is 1.68. The molecule has 86 valence electrons. The van der Waals surface area contributed by atoms with Crippen LogP contribution in [0.3, 0.4) is 0 Å². The predicted octanol–water partition coefficient (Wildman–Crippen LogP) is 3.39. The van der Waals surface area contributed by atoms with Gasteiger partial charge in [-0.05, 0) is 17.9 Å². The lowest BCUT2D eigenvalue weighted by atomic mass is 10.2. The highest BCUT2D eigenvalue weighted by atomic mass is 32.2. The Morgan fingerprint density at radius 1 is 1.38 bits per heavy atom. The Hall–Kier alpha value is -1.22. The van der Waals surface area contributed by atoms with Gasteiger partial charge in [0.25, 0.3) is 0 Å². The molecule has 0 fully saturated rings. The molecule has 1 aromatic carbocycles. The fourth-order valence-electron chi connectivity index (χ4n) is 1.15. The average molecular weight is 236 g/mol. The molecule has 0 aliphatic rings. The third-order valence-corrected chi connectivity index (χ3v) is 2.76. The first-order valence-electron chi connectivity index (χ1n) is 5.29. The smallest absolute Gasteiger partial charge is 0.309 e. The molecular formula is C13H16O2S. The van der Waals surface area contributed by atoms with Gasteiger partial charge >= 0.3 is 5.97 Å². The number of thioether (sulfide) groups is 1. The number of esters is 1. The molecule has 3 heteroatoms. The molecule has 1 rings (SSSR count). The van der Waals surface area contributed by atoms with Crippen molar-refractivity contribution in [3.05, 3.63) is 47.4 Å².